The van der Waals surface area contributed by atoms with Gasteiger partial charge in [-0.05, 0) is 0 Å². The molecule has 2 rings (SSSR count). The summed E-state index contributed by atoms with van der Waals surface area (Å²) < 4.78 is 49.1. The maximum atomic E-state index is 13.4. The number of carboxylic acid groups (broad SMARTS) is 1. The van der Waals surface area contributed by atoms with Crippen LogP contribution in [0.2, 0.25) is 0 Å². The van der Waals surface area contributed by atoms with Gasteiger partial charge >= 0.3 is 0 Å². The van der Waals surface area contributed by atoms with E-state index < -0.39 is 33.6 Å². The predicted molar refractivity (Wildman–Crippen MR) is 56.8 cm³/mol. The van der Waals surface area contributed by atoms with Gasteiger partial charge in [0, 0.05) is 31.8 Å². The van der Waals surface area contributed by atoms with Crippen molar-refractivity contribution in [2.24, 2.45) is 11.8 Å². The number of carboxylic acids is 1. The molecule has 2 unspecified atom stereocenters. The van der Waals surface area contributed by atoms with Crippen LogP contribution in [0.5, 0.6) is 0 Å². The zero-order valence-corrected chi connectivity index (χ0v) is 10.1. The molecule has 2 atom stereocenters. The molecule has 100 valence electrons. The molecule has 2 aliphatic heterocycles. The summed E-state index contributed by atoms with van der Waals surface area (Å²) in [6.45, 7) is 1.31. The maximum Gasteiger partial charge on any atom is 0.300 e. The van der Waals surface area contributed by atoms with Crippen LogP contribution in [-0.4, -0.2) is 50.0 Å². The van der Waals surface area contributed by atoms with Crippen LogP contribution in [0.15, 0.2) is 0 Å². The summed E-state index contributed by atoms with van der Waals surface area (Å²) in [5, 5.41) is 10.3. The second-order valence-corrected chi connectivity index (χ2v) is 6.48. The van der Waals surface area contributed by atoms with Crippen molar-refractivity contribution in [3.05, 3.63) is 0 Å². The van der Waals surface area contributed by atoms with E-state index in [1.807, 2.05) is 0 Å². The Bertz CT molecular complexity index is 370. The average Bonchev–Trinajstić information content (AvgIpc) is 2.07. The number of nitrogens with one attached hydrogen (secondary N) is 1. The molecule has 0 aliphatic carbocycles. The van der Waals surface area contributed by atoms with Gasteiger partial charge in [0.1, 0.15) is 0 Å². The van der Waals surface area contributed by atoms with Crippen molar-refractivity contribution in [3.63, 3.8) is 0 Å². The Morgan fingerprint density at radius 1 is 1.29 bits per heavy atom. The van der Waals surface area contributed by atoms with Gasteiger partial charge in [-0.15, -0.1) is 0 Å². The number of piperidine rings is 1. The van der Waals surface area contributed by atoms with Gasteiger partial charge in [-0.1, -0.05) is 0 Å². The Hall–Kier alpha value is -0.760. The van der Waals surface area contributed by atoms with Crippen LogP contribution in [0.3, 0.4) is 0 Å². The van der Waals surface area contributed by atoms with E-state index in [2.05, 4.69) is 5.32 Å². The number of sulfone groups is 1. The van der Waals surface area contributed by atoms with E-state index in [4.69, 9.17) is 9.90 Å². The van der Waals surface area contributed by atoms with Crippen molar-refractivity contribution in [1.29, 1.82) is 0 Å². The van der Waals surface area contributed by atoms with E-state index in [9.17, 15) is 17.2 Å². The first-order valence-corrected chi connectivity index (χ1v) is 6.96. The van der Waals surface area contributed by atoms with Crippen LogP contribution in [0.25, 0.3) is 0 Å². The first-order valence-electron chi connectivity index (χ1n) is 5.13. The Labute approximate surface area is 98.1 Å². The van der Waals surface area contributed by atoms with Gasteiger partial charge in [-0.2, -0.15) is 0 Å². The summed E-state index contributed by atoms with van der Waals surface area (Å²) in [5.41, 5.74) is 0. The van der Waals surface area contributed by atoms with Crippen molar-refractivity contribution in [2.45, 2.75) is 12.8 Å². The fourth-order valence-corrected chi connectivity index (χ4v) is 4.10. The van der Waals surface area contributed by atoms with Gasteiger partial charge in [0.05, 0.1) is 11.5 Å². The molecule has 2 fully saturated rings. The van der Waals surface area contributed by atoms with Crippen LogP contribution in [0, 0.1) is 11.8 Å². The number of carbonyl (C=O) groups is 1. The fourth-order valence-electron chi connectivity index (χ4n) is 2.06. The van der Waals surface area contributed by atoms with Gasteiger partial charge in [0.2, 0.25) is 0 Å². The van der Waals surface area contributed by atoms with E-state index >= 15 is 0 Å². The van der Waals surface area contributed by atoms with Crippen LogP contribution in [0.1, 0.15) is 6.92 Å². The minimum atomic E-state index is -3.23. The Balaban J connectivity index is 0.000000317. The molecule has 0 aromatic heterocycles. The molecule has 2 N–H and O–H groups in total. The molecule has 0 spiro atoms. The highest BCUT2D eigenvalue weighted by Crippen LogP contribution is 2.40. The molecular weight excluding hydrogens is 256 g/mol. The van der Waals surface area contributed by atoms with E-state index in [1.165, 1.54) is 0 Å². The predicted octanol–water partition coefficient (Wildman–Crippen LogP) is -0.0234. The van der Waals surface area contributed by atoms with E-state index in [-0.39, 0.29) is 24.6 Å². The normalized spacial score (nSPS) is 33.1. The number of halogens is 2. The van der Waals surface area contributed by atoms with Gasteiger partial charge in [-0.25, -0.2) is 17.2 Å². The molecule has 0 aromatic carbocycles. The molecule has 2 heterocycles. The summed E-state index contributed by atoms with van der Waals surface area (Å²) in [6.07, 6.45) is 0. The minimum absolute atomic E-state index is 0.114. The number of aliphatic carboxylic acids is 1. The Kier molecular flexibility index (Phi) is 4.08. The molecule has 2 saturated heterocycles. The second-order valence-electron chi connectivity index (χ2n) is 4.32. The molecular formula is C9H15F2NO4S. The zero-order valence-electron chi connectivity index (χ0n) is 9.32. The van der Waals surface area contributed by atoms with E-state index in [1.54, 1.807) is 0 Å². The van der Waals surface area contributed by atoms with Gasteiger partial charge in [0.15, 0.2) is 9.84 Å². The standard InChI is InChI=1S/C7H11F2NO2S.C2H4O2/c8-7(9)5-1-10-2-6(7)4-13(11,12)3-5;1-2(3)4/h5-6,10H,1-4H2;1H3,(H,3,4). The highest BCUT2D eigenvalue weighted by molar-refractivity contribution is 7.91. The highest BCUT2D eigenvalue weighted by atomic mass is 32.2. The molecule has 0 saturated carbocycles. The van der Waals surface area contributed by atoms with Crippen LogP contribution in [0.4, 0.5) is 8.78 Å². The van der Waals surface area contributed by atoms with Gasteiger partial charge in [0.25, 0.3) is 11.9 Å². The molecule has 17 heavy (non-hydrogen) atoms. The van der Waals surface area contributed by atoms with Crippen molar-refractivity contribution in [3.8, 4) is 0 Å². The van der Waals surface area contributed by atoms with Crippen molar-refractivity contribution in [2.75, 3.05) is 24.6 Å². The smallest absolute Gasteiger partial charge is 0.300 e. The summed E-state index contributed by atoms with van der Waals surface area (Å²) in [4.78, 5) is 9.00. The molecule has 2 aliphatic rings. The summed E-state index contributed by atoms with van der Waals surface area (Å²) in [5.74, 6) is -6.42. The lowest BCUT2D eigenvalue weighted by Gasteiger charge is -2.41. The minimum Gasteiger partial charge on any atom is -0.481 e. The summed E-state index contributed by atoms with van der Waals surface area (Å²) in [7, 11) is -3.23. The third kappa shape index (κ3) is 3.60. The highest BCUT2D eigenvalue weighted by Gasteiger charge is 2.55. The largest absolute Gasteiger partial charge is 0.481 e. The molecule has 0 radical (unpaired) electrons. The van der Waals surface area contributed by atoms with E-state index in [0.29, 0.717) is 0 Å². The lowest BCUT2D eigenvalue weighted by molar-refractivity contribution is -0.134. The van der Waals surface area contributed by atoms with Crippen LogP contribution < -0.4 is 5.32 Å². The second kappa shape index (κ2) is 4.85. The zero-order chi connectivity index (χ0) is 13.3. The lowest BCUT2D eigenvalue weighted by Crippen LogP contribution is -2.59. The molecule has 2 bridgehead atoms. The first-order chi connectivity index (χ1) is 7.65. The van der Waals surface area contributed by atoms with Crippen molar-refractivity contribution < 1.29 is 27.1 Å². The number of rotatable bonds is 0. The summed E-state index contributed by atoms with van der Waals surface area (Å²) in [6, 6.07) is 0. The monoisotopic (exact) mass is 271 g/mol. The van der Waals surface area contributed by atoms with E-state index in [0.717, 1.165) is 6.92 Å². The lowest BCUT2D eigenvalue weighted by atomic mass is 9.88. The average molecular weight is 271 g/mol. The third-order valence-electron chi connectivity index (χ3n) is 2.78. The maximum absolute atomic E-state index is 13.4. The number of hydrogen-bond donors (Lipinski definition) is 2. The molecule has 0 aromatic rings. The van der Waals surface area contributed by atoms with Gasteiger partial charge in [-0.3, -0.25) is 4.79 Å². The topological polar surface area (TPSA) is 83.5 Å². The number of hydrogen-bond acceptors (Lipinski definition) is 4. The fraction of sp³-hybridized carbons (Fsp3) is 0.889. The SMILES string of the molecule is CC(=O)O.O=S1(=O)CC2CNCC(C1)C2(F)F. The Morgan fingerprint density at radius 3 is 2.00 bits per heavy atom. The van der Waals surface area contributed by atoms with Gasteiger partial charge < -0.3 is 10.4 Å². The van der Waals surface area contributed by atoms with Crippen molar-refractivity contribution >= 4 is 15.8 Å². The summed E-state index contributed by atoms with van der Waals surface area (Å²) >= 11 is 0. The first kappa shape index (κ1) is 14.3. The molecule has 8 heteroatoms. The Morgan fingerprint density at radius 2 is 1.65 bits per heavy atom. The number of fused-ring (bicyclic) bond motifs is 2. The molecule has 5 nitrogen and oxygen atoms in total. The quantitative estimate of drug-likeness (QED) is 0.647. The number of alkyl halides is 2. The molecule has 0 amide bonds. The third-order valence-corrected chi connectivity index (χ3v) is 4.60. The van der Waals surface area contributed by atoms with Crippen LogP contribution in [-0.2, 0) is 14.6 Å². The van der Waals surface area contributed by atoms with Crippen LogP contribution >= 0.6 is 0 Å². The van der Waals surface area contributed by atoms with Crippen molar-refractivity contribution in [1.82, 2.24) is 5.32 Å².